The minimum Gasteiger partial charge on any atom is -0.550 e. The molecule has 0 bridgehead atoms. The molecule has 0 amide bonds. The van der Waals surface area contributed by atoms with Crippen molar-refractivity contribution in [3.63, 3.8) is 0 Å². The number of aryl methyl sites for hydroxylation is 2. The number of rotatable bonds is 8. The van der Waals surface area contributed by atoms with Gasteiger partial charge in [-0.3, -0.25) is 0 Å². The van der Waals surface area contributed by atoms with E-state index in [-0.39, 0.29) is 11.3 Å². The van der Waals surface area contributed by atoms with Crippen molar-refractivity contribution < 1.29 is 18.3 Å². The topological polar surface area (TPSA) is 86.3 Å². The van der Waals surface area contributed by atoms with E-state index < -0.39 is 16.0 Å². The van der Waals surface area contributed by atoms with E-state index in [1.54, 1.807) is 12.1 Å². The van der Waals surface area contributed by atoms with E-state index in [0.717, 1.165) is 11.1 Å². The molecule has 0 aliphatic carbocycles. The predicted molar refractivity (Wildman–Crippen MR) is 74.6 cm³/mol. The summed E-state index contributed by atoms with van der Waals surface area (Å²) in [6.07, 6.45) is 1.79. The predicted octanol–water partition coefficient (Wildman–Crippen LogP) is 0.892. The lowest BCUT2D eigenvalue weighted by Gasteiger charge is -2.08. The molecule has 0 saturated carbocycles. The summed E-state index contributed by atoms with van der Waals surface area (Å²) in [5.41, 5.74) is 1.80. The van der Waals surface area contributed by atoms with Crippen molar-refractivity contribution in [1.82, 2.24) is 4.72 Å². The van der Waals surface area contributed by atoms with Crippen molar-refractivity contribution in [3.8, 4) is 0 Å². The van der Waals surface area contributed by atoms with E-state index in [9.17, 15) is 18.3 Å². The van der Waals surface area contributed by atoms with Crippen LogP contribution in [0.15, 0.2) is 23.1 Å². The first-order chi connectivity index (χ1) is 9.31. The number of carboxylic acids is 1. The molecule has 5 nitrogen and oxygen atoms in total. The third-order valence-electron chi connectivity index (χ3n) is 2.86. The lowest BCUT2D eigenvalue weighted by Crippen LogP contribution is -2.25. The van der Waals surface area contributed by atoms with Crippen LogP contribution in [-0.2, 0) is 14.8 Å². The first-order valence-electron chi connectivity index (χ1n) is 6.59. The first kappa shape index (κ1) is 16.7. The van der Waals surface area contributed by atoms with E-state index >= 15 is 0 Å². The SMILES string of the molecule is Cc1cc(C)cc(S(=O)(=O)NCCCCCC(=O)[O-])c1. The van der Waals surface area contributed by atoms with E-state index in [0.29, 0.717) is 25.8 Å². The highest BCUT2D eigenvalue weighted by atomic mass is 32.2. The summed E-state index contributed by atoms with van der Waals surface area (Å²) < 4.78 is 26.7. The van der Waals surface area contributed by atoms with Gasteiger partial charge in [-0.2, -0.15) is 0 Å². The minimum atomic E-state index is -3.49. The Labute approximate surface area is 120 Å². The van der Waals surface area contributed by atoms with Crippen LogP contribution >= 0.6 is 0 Å². The molecule has 1 N–H and O–H groups in total. The Hall–Kier alpha value is -1.40. The van der Waals surface area contributed by atoms with Gasteiger partial charge in [-0.1, -0.05) is 12.5 Å². The quantitative estimate of drug-likeness (QED) is 0.722. The zero-order valence-corrected chi connectivity index (χ0v) is 12.6. The number of unbranched alkanes of at least 4 members (excludes halogenated alkanes) is 2. The van der Waals surface area contributed by atoms with Gasteiger partial charge in [0.15, 0.2) is 0 Å². The van der Waals surface area contributed by atoms with E-state index in [4.69, 9.17) is 0 Å². The van der Waals surface area contributed by atoms with Crippen LogP contribution in [0.5, 0.6) is 0 Å². The largest absolute Gasteiger partial charge is 0.550 e. The number of carbonyl (C=O) groups is 1. The van der Waals surface area contributed by atoms with Crippen LogP contribution < -0.4 is 9.83 Å². The second-order valence-corrected chi connectivity index (χ2v) is 6.67. The van der Waals surface area contributed by atoms with Crippen LogP contribution in [0.3, 0.4) is 0 Å². The summed E-state index contributed by atoms with van der Waals surface area (Å²) in [7, 11) is -3.49. The van der Waals surface area contributed by atoms with E-state index in [1.807, 2.05) is 19.9 Å². The van der Waals surface area contributed by atoms with Gasteiger partial charge in [-0.15, -0.1) is 0 Å². The number of sulfonamides is 1. The van der Waals surface area contributed by atoms with Gasteiger partial charge in [0.05, 0.1) is 4.90 Å². The molecule has 0 unspecified atom stereocenters. The van der Waals surface area contributed by atoms with Crippen LogP contribution in [-0.4, -0.2) is 20.9 Å². The monoisotopic (exact) mass is 298 g/mol. The number of hydrogen-bond donors (Lipinski definition) is 1. The summed E-state index contributed by atoms with van der Waals surface area (Å²) in [6, 6.07) is 5.18. The second kappa shape index (κ2) is 7.40. The Bertz CT molecular complexity index is 546. The van der Waals surface area contributed by atoms with Gasteiger partial charge >= 0.3 is 0 Å². The summed E-state index contributed by atoms with van der Waals surface area (Å²) in [5, 5.41) is 10.2. The Balaban J connectivity index is 2.47. The average Bonchev–Trinajstić information content (AvgIpc) is 2.32. The van der Waals surface area contributed by atoms with E-state index in [2.05, 4.69) is 4.72 Å². The van der Waals surface area contributed by atoms with Crippen molar-refractivity contribution in [1.29, 1.82) is 0 Å². The molecule has 0 aromatic heterocycles. The molecule has 0 radical (unpaired) electrons. The van der Waals surface area contributed by atoms with E-state index in [1.165, 1.54) is 0 Å². The molecule has 20 heavy (non-hydrogen) atoms. The molecule has 0 heterocycles. The van der Waals surface area contributed by atoms with Gasteiger partial charge < -0.3 is 9.90 Å². The number of hydrogen-bond acceptors (Lipinski definition) is 4. The molecule has 0 saturated heterocycles. The molecule has 0 fully saturated rings. The van der Waals surface area contributed by atoms with Crippen molar-refractivity contribution in [3.05, 3.63) is 29.3 Å². The minimum absolute atomic E-state index is 0.0177. The highest BCUT2D eigenvalue weighted by Gasteiger charge is 2.13. The molecule has 112 valence electrons. The van der Waals surface area contributed by atoms with Crippen LogP contribution in [0.2, 0.25) is 0 Å². The zero-order valence-electron chi connectivity index (χ0n) is 11.8. The van der Waals surface area contributed by atoms with Crippen LogP contribution in [0.1, 0.15) is 36.8 Å². The molecule has 1 aromatic rings. The fraction of sp³-hybridized carbons (Fsp3) is 0.500. The highest BCUT2D eigenvalue weighted by molar-refractivity contribution is 7.89. The number of benzene rings is 1. The summed E-state index contributed by atoms with van der Waals surface area (Å²) in [6.45, 7) is 4.01. The zero-order chi connectivity index (χ0) is 15.2. The molecule has 1 rings (SSSR count). The lowest BCUT2D eigenvalue weighted by molar-refractivity contribution is -0.305. The highest BCUT2D eigenvalue weighted by Crippen LogP contribution is 2.14. The van der Waals surface area contributed by atoms with Gasteiger partial charge in [0.25, 0.3) is 0 Å². The van der Waals surface area contributed by atoms with Crippen molar-refractivity contribution in [2.45, 2.75) is 44.4 Å². The van der Waals surface area contributed by atoms with Crippen LogP contribution in [0.25, 0.3) is 0 Å². The van der Waals surface area contributed by atoms with Gasteiger partial charge in [0.2, 0.25) is 10.0 Å². The summed E-state index contributed by atoms with van der Waals surface area (Å²) in [5.74, 6) is -1.07. The third-order valence-corrected chi connectivity index (χ3v) is 4.30. The first-order valence-corrected chi connectivity index (χ1v) is 8.07. The van der Waals surface area contributed by atoms with Crippen molar-refractivity contribution in [2.24, 2.45) is 0 Å². The third kappa shape index (κ3) is 5.71. The van der Waals surface area contributed by atoms with Crippen molar-refractivity contribution in [2.75, 3.05) is 6.54 Å². The fourth-order valence-corrected chi connectivity index (χ4v) is 3.21. The molecule has 0 spiro atoms. The summed E-state index contributed by atoms with van der Waals surface area (Å²) in [4.78, 5) is 10.5. The van der Waals surface area contributed by atoms with Gasteiger partial charge in [-0.05, 0) is 56.4 Å². The molecule has 6 heteroatoms. The standard InChI is InChI=1S/C14H21NO4S/c1-11-8-12(2)10-13(9-11)20(18,19)15-7-5-3-4-6-14(16)17/h8-10,15H,3-7H2,1-2H3,(H,16,17)/p-1. The van der Waals surface area contributed by atoms with Gasteiger partial charge in [0.1, 0.15) is 0 Å². The number of nitrogens with one attached hydrogen (secondary N) is 1. The van der Waals surface area contributed by atoms with Crippen molar-refractivity contribution >= 4 is 16.0 Å². The molecule has 1 aromatic carbocycles. The lowest BCUT2D eigenvalue weighted by atomic mass is 10.2. The molecule has 0 aliphatic rings. The normalized spacial score (nSPS) is 11.5. The maximum atomic E-state index is 12.1. The molecular formula is C14H20NO4S-. The Morgan fingerprint density at radius 2 is 1.70 bits per heavy atom. The smallest absolute Gasteiger partial charge is 0.240 e. The van der Waals surface area contributed by atoms with Crippen LogP contribution in [0, 0.1) is 13.8 Å². The molecule has 0 atom stereocenters. The second-order valence-electron chi connectivity index (χ2n) is 4.90. The Morgan fingerprint density at radius 3 is 2.25 bits per heavy atom. The number of carboxylic acid groups (broad SMARTS) is 1. The van der Waals surface area contributed by atoms with Gasteiger partial charge in [0, 0.05) is 12.5 Å². The fourth-order valence-electron chi connectivity index (χ4n) is 1.95. The number of aliphatic carboxylic acids is 1. The molecular weight excluding hydrogens is 278 g/mol. The van der Waals surface area contributed by atoms with Crippen LogP contribution in [0.4, 0.5) is 0 Å². The maximum Gasteiger partial charge on any atom is 0.240 e. The Kier molecular flexibility index (Phi) is 6.16. The summed E-state index contributed by atoms with van der Waals surface area (Å²) >= 11 is 0. The average molecular weight is 298 g/mol. The molecule has 0 aliphatic heterocycles. The van der Waals surface area contributed by atoms with Gasteiger partial charge in [-0.25, -0.2) is 13.1 Å². The Morgan fingerprint density at radius 1 is 1.10 bits per heavy atom. The number of carbonyl (C=O) groups excluding carboxylic acids is 1. The maximum absolute atomic E-state index is 12.1.